The molecule has 6 atom stereocenters. The summed E-state index contributed by atoms with van der Waals surface area (Å²) in [5, 5.41) is 17.0. The minimum absolute atomic E-state index is 0.127. The molecule has 3 fully saturated rings. The molecule has 0 unspecified atom stereocenters. The Kier molecular flexibility index (Phi) is 7.24. The molecule has 5 aromatic rings. The number of imide groups is 2. The van der Waals surface area contributed by atoms with Crippen LogP contribution < -0.4 is 9.80 Å². The fourth-order valence-electron chi connectivity index (χ4n) is 9.52. The van der Waals surface area contributed by atoms with Crippen LogP contribution in [0.5, 0.6) is 5.75 Å². The van der Waals surface area contributed by atoms with Crippen LogP contribution >= 0.6 is 22.9 Å². The van der Waals surface area contributed by atoms with Crippen molar-refractivity contribution in [3.8, 4) is 16.3 Å². The molecule has 4 heterocycles. The van der Waals surface area contributed by atoms with E-state index >= 15 is 4.79 Å². The normalized spacial score (nSPS) is 26.9. The lowest BCUT2D eigenvalue weighted by atomic mass is 9.51. The monoisotopic (exact) mass is 730 g/mol. The predicted octanol–water partition coefficient (Wildman–Crippen LogP) is 7.71. The molecule has 2 saturated heterocycles. The van der Waals surface area contributed by atoms with Crippen LogP contribution in [-0.2, 0) is 26.2 Å². The van der Waals surface area contributed by atoms with Crippen molar-refractivity contribution in [2.75, 3.05) is 9.80 Å². The van der Waals surface area contributed by atoms with E-state index in [9.17, 15) is 19.5 Å². The van der Waals surface area contributed by atoms with Crippen LogP contribution in [0.1, 0.15) is 42.4 Å². The van der Waals surface area contributed by atoms with E-state index in [1.807, 2.05) is 56.3 Å². The Morgan fingerprint density at radius 2 is 1.67 bits per heavy atom. The third-order valence-corrected chi connectivity index (χ3v) is 13.6. The Morgan fingerprint density at radius 1 is 0.904 bits per heavy atom. The molecule has 4 aliphatic rings. The van der Waals surface area contributed by atoms with Crippen LogP contribution in [0.3, 0.4) is 0 Å². The lowest BCUT2D eigenvalue weighted by Crippen LogP contribution is -2.49. The van der Waals surface area contributed by atoms with Gasteiger partial charge >= 0.3 is 0 Å². The topological polar surface area (TPSA) is 113 Å². The first-order chi connectivity index (χ1) is 24.9. The van der Waals surface area contributed by atoms with Crippen molar-refractivity contribution in [2.24, 2.45) is 36.1 Å². The molecule has 1 N–H and O–H groups in total. The van der Waals surface area contributed by atoms with Crippen molar-refractivity contribution in [1.29, 1.82) is 0 Å². The van der Waals surface area contributed by atoms with Crippen molar-refractivity contribution < 1.29 is 24.3 Å². The van der Waals surface area contributed by atoms with Crippen LogP contribution in [0.2, 0.25) is 5.02 Å². The summed E-state index contributed by atoms with van der Waals surface area (Å²) in [5.74, 6) is -3.71. The SMILES string of the molecule is Cc1cc([C@H]2C3=CC[C@@H]4C(=O)N(c5ccccc5)C(=O)[C@@H]4[C@@H]3C[C@H]3C(=O)N(c4cc(-c5sc6ccc(Cl)cc6c5C)nn4C)C(=O)[C@@]23C)ccc1O. The van der Waals surface area contributed by atoms with Crippen molar-refractivity contribution in [3.63, 3.8) is 0 Å². The summed E-state index contributed by atoms with van der Waals surface area (Å²) in [5.41, 5.74) is 3.30. The van der Waals surface area contributed by atoms with Crippen LogP contribution in [0, 0.1) is 42.9 Å². The van der Waals surface area contributed by atoms with Gasteiger partial charge in [0.15, 0.2) is 0 Å². The van der Waals surface area contributed by atoms with Crippen LogP contribution in [0.25, 0.3) is 20.7 Å². The Hall–Kier alpha value is -5.06. The van der Waals surface area contributed by atoms with Gasteiger partial charge in [0.05, 0.1) is 33.7 Å². The van der Waals surface area contributed by atoms with Gasteiger partial charge in [-0.25, -0.2) is 4.90 Å². The van der Waals surface area contributed by atoms with E-state index in [0.29, 0.717) is 34.2 Å². The summed E-state index contributed by atoms with van der Waals surface area (Å²) in [6.45, 7) is 5.68. The first kappa shape index (κ1) is 32.8. The van der Waals surface area contributed by atoms with Crippen LogP contribution in [-0.4, -0.2) is 38.5 Å². The molecule has 52 heavy (non-hydrogen) atoms. The number of carbonyl (C=O) groups excluding carboxylic acids is 4. The number of carbonyl (C=O) groups is 4. The number of hydrogen-bond acceptors (Lipinski definition) is 7. The third-order valence-electron chi connectivity index (χ3n) is 12.1. The molecule has 262 valence electrons. The van der Waals surface area contributed by atoms with Crippen molar-refractivity contribution >= 4 is 68.2 Å². The summed E-state index contributed by atoms with van der Waals surface area (Å²) in [7, 11) is 1.73. The Morgan fingerprint density at radius 3 is 2.42 bits per heavy atom. The second kappa shape index (κ2) is 11.5. The van der Waals surface area contributed by atoms with E-state index < -0.39 is 35.0 Å². The van der Waals surface area contributed by atoms with E-state index in [-0.39, 0.29) is 35.8 Å². The fraction of sp³-hybridized carbons (Fsp3) is 0.293. The molecule has 9 rings (SSSR count). The van der Waals surface area contributed by atoms with Gasteiger partial charge in [-0.05, 0) is 98.0 Å². The maximum Gasteiger partial charge on any atom is 0.242 e. The number of hydrogen-bond donors (Lipinski definition) is 1. The van der Waals surface area contributed by atoms with Gasteiger partial charge in [-0.2, -0.15) is 5.10 Å². The first-order valence-corrected chi connectivity index (χ1v) is 18.6. The van der Waals surface area contributed by atoms with Gasteiger partial charge in [-0.1, -0.05) is 53.6 Å². The fourth-order valence-corrected chi connectivity index (χ4v) is 10.8. The molecule has 2 aliphatic carbocycles. The zero-order chi connectivity index (χ0) is 36.4. The number of rotatable bonds is 4. The molecule has 9 nitrogen and oxygen atoms in total. The van der Waals surface area contributed by atoms with Crippen molar-refractivity contribution in [1.82, 2.24) is 9.78 Å². The molecule has 0 bridgehead atoms. The lowest BCUT2D eigenvalue weighted by molar-refractivity contribution is -0.131. The average molecular weight is 731 g/mol. The number of thiophene rings is 1. The second-order valence-electron chi connectivity index (χ2n) is 14.8. The highest BCUT2D eigenvalue weighted by atomic mass is 35.5. The molecule has 11 heteroatoms. The number of allylic oxidation sites excluding steroid dienone is 2. The molecular formula is C41H35ClN4O5S. The number of aromatic hydroxyl groups is 1. The maximum atomic E-state index is 15.1. The van der Waals surface area contributed by atoms with Crippen molar-refractivity contribution in [3.05, 3.63) is 106 Å². The Balaban J connectivity index is 1.16. The second-order valence-corrected chi connectivity index (χ2v) is 16.3. The predicted molar refractivity (Wildman–Crippen MR) is 200 cm³/mol. The van der Waals surface area contributed by atoms with Crippen LogP contribution in [0.4, 0.5) is 11.5 Å². The number of amides is 4. The Labute approximate surface area is 309 Å². The van der Waals surface area contributed by atoms with E-state index in [1.165, 1.54) is 9.80 Å². The first-order valence-electron chi connectivity index (χ1n) is 17.4. The quantitative estimate of drug-likeness (QED) is 0.150. The van der Waals surface area contributed by atoms with Crippen molar-refractivity contribution in [2.45, 2.75) is 39.5 Å². The number of benzene rings is 3. The Bertz CT molecular complexity index is 2430. The third kappa shape index (κ3) is 4.43. The molecule has 3 aromatic carbocycles. The zero-order valence-electron chi connectivity index (χ0n) is 29.0. The number of anilines is 2. The lowest BCUT2D eigenvalue weighted by Gasteiger charge is -2.49. The van der Waals surface area contributed by atoms with Gasteiger partial charge in [0.1, 0.15) is 17.3 Å². The number of halogens is 1. The van der Waals surface area contributed by atoms with Gasteiger partial charge in [0, 0.05) is 28.8 Å². The number of nitrogens with zero attached hydrogens (tertiary/aromatic N) is 4. The summed E-state index contributed by atoms with van der Waals surface area (Å²) < 4.78 is 2.64. The summed E-state index contributed by atoms with van der Waals surface area (Å²) >= 11 is 7.89. The van der Waals surface area contributed by atoms with E-state index in [0.717, 1.165) is 31.7 Å². The summed E-state index contributed by atoms with van der Waals surface area (Å²) in [4.78, 5) is 61.6. The molecule has 0 spiro atoms. The smallest absolute Gasteiger partial charge is 0.242 e. The molecule has 0 radical (unpaired) electrons. The minimum atomic E-state index is -1.21. The number of para-hydroxylation sites is 1. The van der Waals surface area contributed by atoms with E-state index in [1.54, 1.807) is 66.4 Å². The number of phenols is 1. The number of aromatic nitrogens is 2. The zero-order valence-corrected chi connectivity index (χ0v) is 30.5. The van der Waals surface area contributed by atoms with E-state index in [2.05, 4.69) is 0 Å². The largest absolute Gasteiger partial charge is 0.508 e. The minimum Gasteiger partial charge on any atom is -0.508 e. The van der Waals surface area contributed by atoms with Gasteiger partial charge in [-0.15, -0.1) is 11.3 Å². The van der Waals surface area contributed by atoms with Gasteiger partial charge < -0.3 is 5.11 Å². The average Bonchev–Trinajstić information content (AvgIpc) is 3.80. The molecule has 1 saturated carbocycles. The van der Waals surface area contributed by atoms with Gasteiger partial charge in [0.2, 0.25) is 23.6 Å². The molecular weight excluding hydrogens is 696 g/mol. The van der Waals surface area contributed by atoms with E-state index in [4.69, 9.17) is 16.7 Å². The van der Waals surface area contributed by atoms with Gasteiger partial charge in [-0.3, -0.25) is 28.8 Å². The van der Waals surface area contributed by atoms with Crippen LogP contribution in [0.15, 0.2) is 84.4 Å². The molecule has 2 aromatic heterocycles. The highest BCUT2D eigenvalue weighted by molar-refractivity contribution is 7.22. The molecule has 4 amide bonds. The molecule has 2 aliphatic heterocycles. The van der Waals surface area contributed by atoms with Gasteiger partial charge in [0.25, 0.3) is 0 Å². The highest BCUT2D eigenvalue weighted by Gasteiger charge is 2.68. The summed E-state index contributed by atoms with van der Waals surface area (Å²) in [6, 6.07) is 21.8. The number of aryl methyl sites for hydroxylation is 3. The standard InChI is InChI=1S/C41H35ClN4O5S/c1-20-16-22(10-14-31(20)47)35-25-12-13-26-34(39(50)45(37(26)48)24-8-6-5-7-9-24)28(25)18-29-38(49)46(40(51)41(29,35)3)33-19-30(43-44(33)4)36-21(2)27-17-23(42)11-15-32(27)52-36/h5-12,14-17,19,26,28-29,34-35,47H,13,18H2,1-4H3/t26-,28+,29-,34-,35-,41+/m0/s1. The number of fused-ring (bicyclic) bond motifs is 5. The highest BCUT2D eigenvalue weighted by Crippen LogP contribution is 2.64. The number of phenolic OH excluding ortho intramolecular Hbond substituents is 1. The summed E-state index contributed by atoms with van der Waals surface area (Å²) in [6.07, 6.45) is 2.65. The maximum absolute atomic E-state index is 15.1.